The van der Waals surface area contributed by atoms with Gasteiger partial charge in [-0.3, -0.25) is 4.79 Å². The van der Waals surface area contributed by atoms with E-state index in [1.807, 2.05) is 0 Å². The second kappa shape index (κ2) is 3.65. The number of hydrogen-bond donors (Lipinski definition) is 0. The van der Waals surface area contributed by atoms with Gasteiger partial charge in [0.15, 0.2) is 0 Å². The van der Waals surface area contributed by atoms with Crippen LogP contribution >= 0.6 is 11.6 Å². The maximum Gasteiger partial charge on any atom is 0.306 e. The summed E-state index contributed by atoms with van der Waals surface area (Å²) in [6.07, 6.45) is 2.67. The van der Waals surface area contributed by atoms with Gasteiger partial charge in [0.1, 0.15) is 6.10 Å². The van der Waals surface area contributed by atoms with Gasteiger partial charge in [0.2, 0.25) is 0 Å². The van der Waals surface area contributed by atoms with Crippen LogP contribution in [0.4, 0.5) is 0 Å². The smallest absolute Gasteiger partial charge is 0.306 e. The molecule has 0 aromatic rings. The molecule has 2 fully saturated rings. The summed E-state index contributed by atoms with van der Waals surface area (Å²) in [5.41, 5.74) is -0.00507. The lowest BCUT2D eigenvalue weighted by molar-refractivity contribution is -0.142. The number of rotatable bonds is 1. The number of alkyl halides is 1. The lowest BCUT2D eigenvalue weighted by atomic mass is 9.66. The van der Waals surface area contributed by atoms with Crippen LogP contribution in [0.25, 0.3) is 0 Å². The van der Waals surface area contributed by atoms with Crippen LogP contribution in [0.5, 0.6) is 0 Å². The van der Waals surface area contributed by atoms with Crippen LogP contribution in [0, 0.1) is 17.3 Å². The number of ether oxygens (including phenoxy) is 1. The summed E-state index contributed by atoms with van der Waals surface area (Å²) in [6, 6.07) is 0. The zero-order valence-corrected chi connectivity index (χ0v) is 10.4. The molecule has 1 aliphatic carbocycles. The van der Waals surface area contributed by atoms with Gasteiger partial charge in [0.05, 0.1) is 11.8 Å². The van der Waals surface area contributed by atoms with E-state index in [4.69, 9.17) is 16.3 Å². The van der Waals surface area contributed by atoms with Crippen LogP contribution in [0.3, 0.4) is 0 Å². The van der Waals surface area contributed by atoms with Gasteiger partial charge in [-0.05, 0) is 24.7 Å². The summed E-state index contributed by atoms with van der Waals surface area (Å²) in [6.45, 7) is 6.52. The van der Waals surface area contributed by atoms with Gasteiger partial charge in [-0.2, -0.15) is 0 Å². The van der Waals surface area contributed by atoms with Gasteiger partial charge in [0.25, 0.3) is 0 Å². The van der Waals surface area contributed by atoms with E-state index in [9.17, 15) is 4.79 Å². The molecule has 1 heterocycles. The minimum Gasteiger partial charge on any atom is -0.460 e. The van der Waals surface area contributed by atoms with Crippen molar-refractivity contribution in [3.63, 3.8) is 0 Å². The van der Waals surface area contributed by atoms with Crippen LogP contribution in [0.2, 0.25) is 0 Å². The maximum absolute atomic E-state index is 11.4. The van der Waals surface area contributed by atoms with Crippen LogP contribution < -0.4 is 0 Å². The number of esters is 1. The third kappa shape index (κ3) is 1.77. The van der Waals surface area contributed by atoms with E-state index in [0.717, 1.165) is 12.8 Å². The number of carbonyl (C=O) groups excluding carboxylic acids is 1. The predicted molar refractivity (Wildman–Crippen MR) is 59.8 cm³/mol. The van der Waals surface area contributed by atoms with Crippen LogP contribution in [0.15, 0.2) is 0 Å². The molecular weight excluding hydrogens is 212 g/mol. The molecule has 1 aliphatic heterocycles. The van der Waals surface area contributed by atoms with Crippen molar-refractivity contribution in [2.24, 2.45) is 17.3 Å². The minimum absolute atomic E-state index is 0.00444. The first-order valence-electron chi connectivity index (χ1n) is 5.77. The van der Waals surface area contributed by atoms with Gasteiger partial charge in [-0.15, -0.1) is 11.6 Å². The predicted octanol–water partition coefficient (Wildman–Crippen LogP) is 2.98. The first-order valence-corrected chi connectivity index (χ1v) is 6.21. The third-order valence-corrected chi connectivity index (χ3v) is 4.65. The highest BCUT2D eigenvalue weighted by Crippen LogP contribution is 2.50. The molecule has 0 bridgehead atoms. The second-order valence-electron chi connectivity index (χ2n) is 5.63. The zero-order chi connectivity index (χ0) is 11.2. The topological polar surface area (TPSA) is 26.3 Å². The highest BCUT2D eigenvalue weighted by molar-refractivity contribution is 6.21. The largest absolute Gasteiger partial charge is 0.460 e. The molecule has 4 atom stereocenters. The average Bonchev–Trinajstić information content (AvgIpc) is 2.41. The Labute approximate surface area is 96.3 Å². The van der Waals surface area contributed by atoms with E-state index in [1.165, 1.54) is 0 Å². The normalized spacial score (nSPS) is 45.4. The summed E-state index contributed by atoms with van der Waals surface area (Å²) >= 11 is 6.46. The van der Waals surface area contributed by atoms with Gasteiger partial charge < -0.3 is 4.74 Å². The molecule has 0 unspecified atom stereocenters. The van der Waals surface area contributed by atoms with Gasteiger partial charge in [-0.25, -0.2) is 0 Å². The molecular formula is C12H19ClO2. The molecule has 2 rings (SSSR count). The molecule has 0 aromatic heterocycles. The first-order chi connectivity index (χ1) is 6.94. The Kier molecular flexibility index (Phi) is 2.74. The Morgan fingerprint density at radius 2 is 2.20 bits per heavy atom. The molecule has 0 N–H and O–H groups in total. The molecule has 3 heteroatoms. The monoisotopic (exact) mass is 230 g/mol. The van der Waals surface area contributed by atoms with Crippen molar-refractivity contribution in [1.82, 2.24) is 0 Å². The molecule has 0 amide bonds. The molecule has 2 aliphatic rings. The minimum atomic E-state index is -0.0717. The number of carbonyl (C=O) groups is 1. The molecule has 1 saturated carbocycles. The lowest BCUT2D eigenvalue weighted by Gasteiger charge is -2.42. The quantitative estimate of drug-likeness (QED) is 0.511. The van der Waals surface area contributed by atoms with Crippen molar-refractivity contribution in [3.05, 3.63) is 0 Å². The summed E-state index contributed by atoms with van der Waals surface area (Å²) in [5, 5.41) is -0.00444. The fraction of sp³-hybridized carbons (Fsp3) is 0.917. The van der Waals surface area contributed by atoms with E-state index < -0.39 is 0 Å². The third-order valence-electron chi connectivity index (χ3n) is 4.10. The lowest BCUT2D eigenvalue weighted by Crippen LogP contribution is -2.45. The highest BCUT2D eigenvalue weighted by Gasteiger charge is 2.53. The van der Waals surface area contributed by atoms with Crippen LogP contribution in [-0.4, -0.2) is 17.5 Å². The van der Waals surface area contributed by atoms with E-state index in [0.29, 0.717) is 18.3 Å². The molecule has 0 radical (unpaired) electrons. The second-order valence-corrected chi connectivity index (χ2v) is 6.14. The summed E-state index contributed by atoms with van der Waals surface area (Å²) in [4.78, 5) is 11.4. The Bertz CT molecular complexity index is 277. The summed E-state index contributed by atoms with van der Waals surface area (Å²) in [5.74, 6) is 0.976. The van der Waals surface area contributed by atoms with E-state index >= 15 is 0 Å². The standard InChI is InChI=1S/C12H19ClO2/c1-7(2)8-4-5-12(3)6-9(14)15-11(12)10(8)13/h7-8,10-11H,4-6H2,1-3H3/t8-,10+,11-,12-/m1/s1. The number of hydrogen-bond acceptors (Lipinski definition) is 2. The molecule has 2 nitrogen and oxygen atoms in total. The first kappa shape index (κ1) is 11.3. The van der Waals surface area contributed by atoms with Crippen molar-refractivity contribution in [2.45, 2.75) is 51.5 Å². The number of halogens is 1. The van der Waals surface area contributed by atoms with Gasteiger partial charge in [-0.1, -0.05) is 20.8 Å². The Morgan fingerprint density at radius 3 is 2.80 bits per heavy atom. The summed E-state index contributed by atoms with van der Waals surface area (Å²) < 4.78 is 5.39. The van der Waals surface area contributed by atoms with Crippen molar-refractivity contribution in [3.8, 4) is 0 Å². The van der Waals surface area contributed by atoms with Crippen molar-refractivity contribution in [2.75, 3.05) is 0 Å². The van der Waals surface area contributed by atoms with E-state index in [-0.39, 0.29) is 22.9 Å². The molecule has 0 spiro atoms. The molecule has 0 aromatic carbocycles. The van der Waals surface area contributed by atoms with Gasteiger partial charge >= 0.3 is 5.97 Å². The average molecular weight is 231 g/mol. The molecule has 86 valence electrons. The van der Waals surface area contributed by atoms with Crippen LogP contribution in [-0.2, 0) is 9.53 Å². The summed E-state index contributed by atoms with van der Waals surface area (Å²) in [7, 11) is 0. The Balaban J connectivity index is 2.19. The Hall–Kier alpha value is -0.240. The van der Waals surface area contributed by atoms with E-state index in [1.54, 1.807) is 0 Å². The maximum atomic E-state index is 11.4. The SMILES string of the molecule is CC(C)[C@H]1CC[C@]2(C)CC(=O)O[C@@H]2[C@H]1Cl. The molecule has 1 saturated heterocycles. The van der Waals surface area contributed by atoms with Gasteiger partial charge in [0, 0.05) is 5.41 Å². The van der Waals surface area contributed by atoms with Crippen LogP contribution in [0.1, 0.15) is 40.0 Å². The molecule has 15 heavy (non-hydrogen) atoms. The highest BCUT2D eigenvalue weighted by atomic mass is 35.5. The fourth-order valence-corrected chi connectivity index (χ4v) is 3.79. The van der Waals surface area contributed by atoms with Crippen molar-refractivity contribution < 1.29 is 9.53 Å². The fourth-order valence-electron chi connectivity index (χ4n) is 3.02. The number of fused-ring (bicyclic) bond motifs is 1. The van der Waals surface area contributed by atoms with Crippen molar-refractivity contribution in [1.29, 1.82) is 0 Å². The van der Waals surface area contributed by atoms with E-state index in [2.05, 4.69) is 20.8 Å². The Morgan fingerprint density at radius 1 is 1.53 bits per heavy atom. The van der Waals surface area contributed by atoms with Crippen molar-refractivity contribution >= 4 is 17.6 Å². The zero-order valence-electron chi connectivity index (χ0n) is 9.63.